The molecule has 0 aromatic heterocycles. The van der Waals surface area contributed by atoms with Crippen LogP contribution in [0, 0.1) is 5.92 Å². The van der Waals surface area contributed by atoms with Gasteiger partial charge in [-0.3, -0.25) is 0 Å². The first kappa shape index (κ1) is 10.0. The lowest BCUT2D eigenvalue weighted by Crippen LogP contribution is -1.89. The van der Waals surface area contributed by atoms with Gasteiger partial charge in [-0.1, -0.05) is 63.3 Å². The van der Waals surface area contributed by atoms with Crippen LogP contribution in [-0.2, 0) is 0 Å². The van der Waals surface area contributed by atoms with Crippen LogP contribution in [0.4, 0.5) is 0 Å². The van der Waals surface area contributed by atoms with Gasteiger partial charge in [-0.05, 0) is 17.4 Å². The van der Waals surface area contributed by atoms with Crippen molar-refractivity contribution in [1.29, 1.82) is 0 Å². The predicted molar refractivity (Wildman–Crippen MR) is 58.8 cm³/mol. The van der Waals surface area contributed by atoms with Crippen LogP contribution < -0.4 is 0 Å². The minimum atomic E-state index is 0.531. The van der Waals surface area contributed by atoms with Crippen LogP contribution >= 0.6 is 0 Å². The highest BCUT2D eigenvalue weighted by Gasteiger charge is 1.98. The van der Waals surface area contributed by atoms with Crippen LogP contribution in [0.2, 0.25) is 0 Å². The minimum absolute atomic E-state index is 0.531. The first-order valence-electron chi connectivity index (χ1n) is 4.93. The van der Waals surface area contributed by atoms with Gasteiger partial charge in [0, 0.05) is 0 Å². The van der Waals surface area contributed by atoms with Crippen LogP contribution in [0.3, 0.4) is 0 Å². The molecule has 0 spiro atoms. The summed E-state index contributed by atoms with van der Waals surface area (Å²) in [7, 11) is 0. The van der Waals surface area contributed by atoms with Gasteiger partial charge in [-0.2, -0.15) is 0 Å². The fourth-order valence-electron chi connectivity index (χ4n) is 1.26. The van der Waals surface area contributed by atoms with Gasteiger partial charge in [-0.15, -0.1) is 0 Å². The smallest absolute Gasteiger partial charge is 0.00103 e. The van der Waals surface area contributed by atoms with Gasteiger partial charge in [0.05, 0.1) is 0 Å². The molecular weight excluding hydrogens is 156 g/mol. The molecule has 1 unspecified atom stereocenters. The number of benzene rings is 1. The van der Waals surface area contributed by atoms with Crippen LogP contribution in [-0.4, -0.2) is 0 Å². The normalized spacial score (nSPS) is 13.8. The Balaban J connectivity index is 2.64. The standard InChI is InChI=1S/C13H18/c1-11(2)9-10-12(3)13-7-5-4-6-8-13/h4-12H,1-3H3. The number of hydrogen-bond acceptors (Lipinski definition) is 0. The molecule has 1 aromatic rings. The molecule has 0 N–H and O–H groups in total. The topological polar surface area (TPSA) is 0 Å². The van der Waals surface area contributed by atoms with Crippen molar-refractivity contribution in [2.45, 2.75) is 26.7 Å². The third kappa shape index (κ3) is 3.45. The molecule has 0 nitrogen and oxygen atoms in total. The molecule has 0 radical (unpaired) electrons. The predicted octanol–water partition coefficient (Wildman–Crippen LogP) is 4.00. The fourth-order valence-corrected chi connectivity index (χ4v) is 1.26. The zero-order valence-corrected chi connectivity index (χ0v) is 8.70. The molecule has 13 heavy (non-hydrogen) atoms. The quantitative estimate of drug-likeness (QED) is 0.607. The maximum atomic E-state index is 2.28. The first-order valence-corrected chi connectivity index (χ1v) is 4.93. The molecule has 0 amide bonds. The SMILES string of the molecule is CC(C)C=CC(C)c1ccccc1. The Morgan fingerprint density at radius 3 is 2.08 bits per heavy atom. The second-order valence-electron chi connectivity index (χ2n) is 3.83. The average Bonchev–Trinajstić information content (AvgIpc) is 2.15. The largest absolute Gasteiger partial charge is 0.0854 e. The van der Waals surface area contributed by atoms with Crippen molar-refractivity contribution in [2.24, 2.45) is 5.92 Å². The second kappa shape index (κ2) is 4.86. The Bertz CT molecular complexity index is 257. The van der Waals surface area contributed by atoms with E-state index < -0.39 is 0 Å². The Kier molecular flexibility index (Phi) is 3.75. The summed E-state index contributed by atoms with van der Waals surface area (Å²) in [5, 5.41) is 0. The number of rotatable bonds is 3. The summed E-state index contributed by atoms with van der Waals surface area (Å²) in [5.74, 6) is 1.18. The molecule has 1 rings (SSSR count). The Labute approximate surface area is 81.3 Å². The molecule has 0 aliphatic rings. The molecule has 1 aromatic carbocycles. The van der Waals surface area contributed by atoms with Crippen molar-refractivity contribution in [3.8, 4) is 0 Å². The lowest BCUT2D eigenvalue weighted by molar-refractivity contribution is 0.815. The summed E-state index contributed by atoms with van der Waals surface area (Å²) in [4.78, 5) is 0. The van der Waals surface area contributed by atoms with Crippen molar-refractivity contribution in [3.63, 3.8) is 0 Å². The van der Waals surface area contributed by atoms with Crippen LogP contribution in [0.15, 0.2) is 42.5 Å². The van der Waals surface area contributed by atoms with Crippen LogP contribution in [0.1, 0.15) is 32.3 Å². The molecule has 0 fully saturated rings. The highest BCUT2D eigenvalue weighted by Crippen LogP contribution is 2.16. The first-order chi connectivity index (χ1) is 6.20. The molecule has 0 aliphatic heterocycles. The van der Waals surface area contributed by atoms with E-state index in [0.717, 1.165) is 0 Å². The van der Waals surface area contributed by atoms with Gasteiger partial charge >= 0.3 is 0 Å². The van der Waals surface area contributed by atoms with Crippen molar-refractivity contribution in [3.05, 3.63) is 48.0 Å². The zero-order chi connectivity index (χ0) is 9.68. The molecule has 0 saturated carbocycles. The van der Waals surface area contributed by atoms with Crippen molar-refractivity contribution in [1.82, 2.24) is 0 Å². The van der Waals surface area contributed by atoms with E-state index >= 15 is 0 Å². The van der Waals surface area contributed by atoms with Crippen molar-refractivity contribution >= 4 is 0 Å². The molecule has 0 bridgehead atoms. The summed E-state index contributed by atoms with van der Waals surface area (Å²) in [6.45, 7) is 6.64. The highest BCUT2D eigenvalue weighted by molar-refractivity contribution is 5.22. The fraction of sp³-hybridized carbons (Fsp3) is 0.385. The lowest BCUT2D eigenvalue weighted by atomic mass is 9.99. The third-order valence-electron chi connectivity index (χ3n) is 2.11. The van der Waals surface area contributed by atoms with Crippen molar-refractivity contribution < 1.29 is 0 Å². The Hall–Kier alpha value is -1.04. The van der Waals surface area contributed by atoms with E-state index in [4.69, 9.17) is 0 Å². The summed E-state index contributed by atoms with van der Waals surface area (Å²) in [5.41, 5.74) is 1.39. The van der Waals surface area contributed by atoms with Crippen LogP contribution in [0.25, 0.3) is 0 Å². The summed E-state index contributed by atoms with van der Waals surface area (Å²) in [6.07, 6.45) is 4.54. The van der Waals surface area contributed by atoms with E-state index in [1.807, 2.05) is 0 Å². The molecule has 0 saturated heterocycles. The molecule has 70 valence electrons. The average molecular weight is 174 g/mol. The number of hydrogen-bond donors (Lipinski definition) is 0. The van der Waals surface area contributed by atoms with Gasteiger partial charge in [0.2, 0.25) is 0 Å². The molecular formula is C13H18. The number of allylic oxidation sites excluding steroid dienone is 2. The van der Waals surface area contributed by atoms with E-state index in [9.17, 15) is 0 Å². The lowest BCUT2D eigenvalue weighted by Gasteiger charge is -2.06. The zero-order valence-electron chi connectivity index (χ0n) is 8.70. The minimum Gasteiger partial charge on any atom is -0.0854 e. The van der Waals surface area contributed by atoms with Gasteiger partial charge < -0.3 is 0 Å². The van der Waals surface area contributed by atoms with E-state index in [-0.39, 0.29) is 0 Å². The molecule has 0 heterocycles. The second-order valence-corrected chi connectivity index (χ2v) is 3.83. The van der Waals surface area contributed by atoms with Gasteiger partial charge in [0.1, 0.15) is 0 Å². The molecule has 0 heteroatoms. The van der Waals surface area contributed by atoms with E-state index in [2.05, 4.69) is 63.3 Å². The summed E-state index contributed by atoms with van der Waals surface area (Å²) >= 11 is 0. The highest BCUT2D eigenvalue weighted by atomic mass is 14.0. The molecule has 1 atom stereocenters. The monoisotopic (exact) mass is 174 g/mol. The van der Waals surface area contributed by atoms with E-state index in [1.54, 1.807) is 0 Å². The van der Waals surface area contributed by atoms with Crippen molar-refractivity contribution in [2.75, 3.05) is 0 Å². The molecule has 0 aliphatic carbocycles. The maximum absolute atomic E-state index is 2.28. The van der Waals surface area contributed by atoms with Gasteiger partial charge in [0.15, 0.2) is 0 Å². The van der Waals surface area contributed by atoms with E-state index in [1.165, 1.54) is 5.56 Å². The maximum Gasteiger partial charge on any atom is -0.00103 e. The summed E-state index contributed by atoms with van der Waals surface area (Å²) in [6, 6.07) is 10.6. The van der Waals surface area contributed by atoms with E-state index in [0.29, 0.717) is 11.8 Å². The van der Waals surface area contributed by atoms with Gasteiger partial charge in [-0.25, -0.2) is 0 Å². The summed E-state index contributed by atoms with van der Waals surface area (Å²) < 4.78 is 0. The van der Waals surface area contributed by atoms with Gasteiger partial charge in [0.25, 0.3) is 0 Å². The van der Waals surface area contributed by atoms with Crippen LogP contribution in [0.5, 0.6) is 0 Å². The third-order valence-corrected chi connectivity index (χ3v) is 2.11. The Morgan fingerprint density at radius 1 is 0.923 bits per heavy atom. The Morgan fingerprint density at radius 2 is 1.54 bits per heavy atom.